The summed E-state index contributed by atoms with van der Waals surface area (Å²) in [7, 11) is -3.66. The van der Waals surface area contributed by atoms with Crippen LogP contribution in [0.4, 0.5) is 5.69 Å². The fourth-order valence-electron chi connectivity index (χ4n) is 1.73. The second kappa shape index (κ2) is 8.33. The highest BCUT2D eigenvalue weighted by atomic mass is 35.5. The lowest BCUT2D eigenvalue weighted by Crippen LogP contribution is -2.33. The lowest BCUT2D eigenvalue weighted by atomic mass is 10.2. The Kier molecular flexibility index (Phi) is 7.82. The minimum atomic E-state index is -3.66. The molecule has 0 aliphatic carbocycles. The first-order valence-corrected chi connectivity index (χ1v) is 8.07. The van der Waals surface area contributed by atoms with E-state index >= 15 is 0 Å². The van der Waals surface area contributed by atoms with Crippen LogP contribution < -0.4 is 11.1 Å². The van der Waals surface area contributed by atoms with E-state index in [0.29, 0.717) is 13.1 Å². The molecule has 1 unspecified atom stereocenters. The summed E-state index contributed by atoms with van der Waals surface area (Å²) in [5.74, 6) is -0.731. The lowest BCUT2D eigenvalue weighted by Gasteiger charge is -2.19. The Morgan fingerprint density at radius 3 is 2.36 bits per heavy atom. The van der Waals surface area contributed by atoms with Gasteiger partial charge in [-0.3, -0.25) is 4.79 Å². The van der Waals surface area contributed by atoms with Gasteiger partial charge in [0.2, 0.25) is 15.9 Å². The molecule has 0 heterocycles. The van der Waals surface area contributed by atoms with Crippen molar-refractivity contribution < 1.29 is 18.3 Å². The van der Waals surface area contributed by atoms with E-state index in [1.807, 2.05) is 0 Å². The second-order valence-corrected chi connectivity index (χ2v) is 6.48. The Morgan fingerprint density at radius 2 is 1.91 bits per heavy atom. The third-order valence-electron chi connectivity index (χ3n) is 2.98. The number of hydrogen-bond donors (Lipinski definition) is 3. The van der Waals surface area contributed by atoms with Crippen LogP contribution in [0.5, 0.6) is 5.75 Å². The van der Waals surface area contributed by atoms with Crippen LogP contribution in [-0.4, -0.2) is 42.9 Å². The van der Waals surface area contributed by atoms with E-state index in [1.54, 1.807) is 13.8 Å². The first kappa shape index (κ1) is 20.6. The molecule has 0 aliphatic heterocycles. The number of hydrogen-bond acceptors (Lipinski definition) is 5. The average molecular weight is 352 g/mol. The third kappa shape index (κ3) is 4.57. The van der Waals surface area contributed by atoms with Gasteiger partial charge in [0.25, 0.3) is 0 Å². The standard InChI is InChI=1S/C13H21N3O4S.ClH/c1-4-16(5-2)21(19,20)10-6-7-12(17)11(8-10)15-13(18)9(3)14;/h6-9,17H,4-5,14H2,1-3H3,(H,15,18);1H. The van der Waals surface area contributed by atoms with Gasteiger partial charge in [0.15, 0.2) is 0 Å². The van der Waals surface area contributed by atoms with Crippen LogP contribution in [-0.2, 0) is 14.8 Å². The van der Waals surface area contributed by atoms with E-state index in [0.717, 1.165) is 0 Å². The molecule has 1 atom stereocenters. The van der Waals surface area contributed by atoms with Gasteiger partial charge in [-0.25, -0.2) is 8.42 Å². The van der Waals surface area contributed by atoms with Crippen LogP contribution in [0.3, 0.4) is 0 Å². The van der Waals surface area contributed by atoms with Gasteiger partial charge < -0.3 is 16.2 Å². The number of carbonyl (C=O) groups is 1. The predicted molar refractivity (Wildman–Crippen MR) is 87.7 cm³/mol. The van der Waals surface area contributed by atoms with Crippen LogP contribution in [0.15, 0.2) is 23.1 Å². The molecule has 0 bridgehead atoms. The van der Waals surface area contributed by atoms with Gasteiger partial charge in [0.05, 0.1) is 16.6 Å². The zero-order valence-corrected chi connectivity index (χ0v) is 14.4. The Balaban J connectivity index is 0.00000441. The van der Waals surface area contributed by atoms with Gasteiger partial charge in [0, 0.05) is 13.1 Å². The number of carbonyl (C=O) groups excluding carboxylic acids is 1. The first-order chi connectivity index (χ1) is 9.73. The number of amides is 1. The molecule has 4 N–H and O–H groups in total. The van der Waals surface area contributed by atoms with E-state index in [-0.39, 0.29) is 28.7 Å². The van der Waals surface area contributed by atoms with E-state index in [1.165, 1.54) is 29.4 Å². The van der Waals surface area contributed by atoms with Gasteiger partial charge >= 0.3 is 0 Å². The van der Waals surface area contributed by atoms with Crippen molar-refractivity contribution in [2.75, 3.05) is 18.4 Å². The van der Waals surface area contributed by atoms with Gasteiger partial charge in [-0.2, -0.15) is 4.31 Å². The number of nitrogens with zero attached hydrogens (tertiary/aromatic N) is 1. The van der Waals surface area contributed by atoms with E-state index < -0.39 is 22.0 Å². The third-order valence-corrected chi connectivity index (χ3v) is 5.03. The molecule has 0 aliphatic rings. The summed E-state index contributed by atoms with van der Waals surface area (Å²) in [5.41, 5.74) is 5.45. The second-order valence-electron chi connectivity index (χ2n) is 4.55. The molecule has 1 rings (SSSR count). The van der Waals surface area contributed by atoms with Gasteiger partial charge in [-0.05, 0) is 25.1 Å². The molecular formula is C13H22ClN3O4S. The molecule has 0 spiro atoms. The SMILES string of the molecule is CCN(CC)S(=O)(=O)c1ccc(O)c(NC(=O)C(C)N)c1.Cl. The van der Waals surface area contributed by atoms with E-state index in [2.05, 4.69) is 5.32 Å². The summed E-state index contributed by atoms with van der Waals surface area (Å²) in [6.45, 7) is 5.63. The number of sulfonamides is 1. The van der Waals surface area contributed by atoms with Crippen molar-refractivity contribution in [1.29, 1.82) is 0 Å². The maximum Gasteiger partial charge on any atom is 0.243 e. The smallest absolute Gasteiger partial charge is 0.243 e. The highest BCUT2D eigenvalue weighted by Gasteiger charge is 2.23. The van der Waals surface area contributed by atoms with Crippen molar-refractivity contribution in [2.45, 2.75) is 31.7 Å². The van der Waals surface area contributed by atoms with Crippen LogP contribution in [0, 0.1) is 0 Å². The van der Waals surface area contributed by atoms with Crippen LogP contribution >= 0.6 is 12.4 Å². The first-order valence-electron chi connectivity index (χ1n) is 6.63. The predicted octanol–water partition coefficient (Wildman–Crippen LogP) is 1.13. The maximum absolute atomic E-state index is 12.4. The molecule has 1 amide bonds. The summed E-state index contributed by atoms with van der Waals surface area (Å²) >= 11 is 0. The fourth-order valence-corrected chi connectivity index (χ4v) is 3.22. The summed E-state index contributed by atoms with van der Waals surface area (Å²) in [6, 6.07) is 2.98. The number of anilines is 1. The number of phenols is 1. The number of rotatable bonds is 6. The molecular weight excluding hydrogens is 330 g/mol. The number of halogens is 1. The van der Waals surface area contributed by atoms with Crippen LogP contribution in [0.1, 0.15) is 20.8 Å². The summed E-state index contributed by atoms with van der Waals surface area (Å²) in [4.78, 5) is 11.6. The Labute approximate surface area is 137 Å². The highest BCUT2D eigenvalue weighted by Crippen LogP contribution is 2.28. The summed E-state index contributed by atoms with van der Waals surface area (Å²) in [6.07, 6.45) is 0. The lowest BCUT2D eigenvalue weighted by molar-refractivity contribution is -0.117. The normalized spacial score (nSPS) is 12.6. The summed E-state index contributed by atoms with van der Waals surface area (Å²) in [5, 5.41) is 12.1. The average Bonchev–Trinajstić information content (AvgIpc) is 2.41. The molecule has 1 aromatic rings. The van der Waals surface area contributed by atoms with Crippen molar-refractivity contribution in [2.24, 2.45) is 5.73 Å². The molecule has 0 radical (unpaired) electrons. The molecule has 7 nitrogen and oxygen atoms in total. The number of aromatic hydroxyl groups is 1. The molecule has 0 saturated heterocycles. The molecule has 9 heteroatoms. The van der Waals surface area contributed by atoms with Crippen molar-refractivity contribution in [3.8, 4) is 5.75 Å². The highest BCUT2D eigenvalue weighted by molar-refractivity contribution is 7.89. The molecule has 0 fully saturated rings. The Hall–Kier alpha value is -1.35. The summed E-state index contributed by atoms with van der Waals surface area (Å²) < 4.78 is 26.1. The van der Waals surface area contributed by atoms with E-state index in [9.17, 15) is 18.3 Å². The van der Waals surface area contributed by atoms with Crippen molar-refractivity contribution in [3.05, 3.63) is 18.2 Å². The largest absolute Gasteiger partial charge is 0.506 e. The number of phenolic OH excluding ortho intramolecular Hbond substituents is 1. The van der Waals surface area contributed by atoms with Gasteiger partial charge in [-0.15, -0.1) is 12.4 Å². The molecule has 1 aromatic carbocycles. The monoisotopic (exact) mass is 351 g/mol. The van der Waals surface area contributed by atoms with E-state index in [4.69, 9.17) is 5.73 Å². The van der Waals surface area contributed by atoms with Crippen molar-refractivity contribution >= 4 is 34.0 Å². The van der Waals surface area contributed by atoms with Crippen LogP contribution in [0.2, 0.25) is 0 Å². The maximum atomic E-state index is 12.4. The number of nitrogens with one attached hydrogen (secondary N) is 1. The topological polar surface area (TPSA) is 113 Å². The Morgan fingerprint density at radius 1 is 1.36 bits per heavy atom. The molecule has 0 aromatic heterocycles. The molecule has 126 valence electrons. The number of benzene rings is 1. The van der Waals surface area contributed by atoms with Gasteiger partial charge in [-0.1, -0.05) is 13.8 Å². The zero-order valence-electron chi connectivity index (χ0n) is 12.7. The van der Waals surface area contributed by atoms with Crippen LogP contribution in [0.25, 0.3) is 0 Å². The van der Waals surface area contributed by atoms with Gasteiger partial charge in [0.1, 0.15) is 5.75 Å². The molecule has 0 saturated carbocycles. The zero-order chi connectivity index (χ0) is 16.2. The molecule has 22 heavy (non-hydrogen) atoms. The van der Waals surface area contributed by atoms with Crippen molar-refractivity contribution in [3.63, 3.8) is 0 Å². The van der Waals surface area contributed by atoms with Crippen molar-refractivity contribution in [1.82, 2.24) is 4.31 Å². The minimum Gasteiger partial charge on any atom is -0.506 e. The quantitative estimate of drug-likeness (QED) is 0.665. The fraction of sp³-hybridized carbons (Fsp3) is 0.462. The number of nitrogens with two attached hydrogens (primary N) is 1. The minimum absolute atomic E-state index is 0. The Bertz CT molecular complexity index is 616.